The maximum atomic E-state index is 12.0. The Kier molecular flexibility index (Phi) is 4.58. The van der Waals surface area contributed by atoms with Crippen LogP contribution in [0.25, 0.3) is 0 Å². The second kappa shape index (κ2) is 5.99. The lowest BCUT2D eigenvalue weighted by molar-refractivity contribution is 0.102. The van der Waals surface area contributed by atoms with Crippen molar-refractivity contribution in [3.63, 3.8) is 0 Å². The molecule has 0 atom stereocenters. The zero-order chi connectivity index (χ0) is 13.1. The summed E-state index contributed by atoms with van der Waals surface area (Å²) < 4.78 is 1.77. The molecule has 0 spiro atoms. The summed E-state index contributed by atoms with van der Waals surface area (Å²) in [6.07, 6.45) is 1.68. The van der Waals surface area contributed by atoms with Gasteiger partial charge in [-0.15, -0.1) is 0 Å². The van der Waals surface area contributed by atoms with Gasteiger partial charge in [-0.2, -0.15) is 0 Å². The summed E-state index contributed by atoms with van der Waals surface area (Å²) in [5.41, 5.74) is 0.481. The van der Waals surface area contributed by atoms with E-state index in [0.29, 0.717) is 16.4 Å². The number of pyridine rings is 1. The van der Waals surface area contributed by atoms with E-state index in [9.17, 15) is 4.79 Å². The molecule has 0 fully saturated rings. The average molecular weight is 437 g/mol. The van der Waals surface area contributed by atoms with Crippen LogP contribution in [0.5, 0.6) is 0 Å². The minimum Gasteiger partial charge on any atom is -0.307 e. The van der Waals surface area contributed by atoms with Crippen molar-refractivity contribution in [3.05, 3.63) is 55.2 Å². The predicted octanol–water partition coefficient (Wildman–Crippen LogP) is 4.35. The predicted molar refractivity (Wildman–Crippen MR) is 84.1 cm³/mol. The van der Waals surface area contributed by atoms with Crippen molar-refractivity contribution in [2.24, 2.45) is 0 Å². The van der Waals surface area contributed by atoms with E-state index in [1.165, 1.54) is 0 Å². The summed E-state index contributed by atoms with van der Waals surface area (Å²) in [5, 5.41) is 3.21. The van der Waals surface area contributed by atoms with E-state index in [1.807, 2.05) is 6.07 Å². The Balaban J connectivity index is 2.19. The Labute approximate surface area is 131 Å². The zero-order valence-electron chi connectivity index (χ0n) is 8.95. The number of halogens is 3. The first-order chi connectivity index (χ1) is 8.54. The number of aromatic nitrogens is 1. The third-order valence-electron chi connectivity index (χ3n) is 2.09. The number of carbonyl (C=O) groups is 1. The molecule has 1 N–H and O–H groups in total. The van der Waals surface area contributed by atoms with Crippen LogP contribution < -0.4 is 5.32 Å². The highest BCUT2D eigenvalue weighted by atomic mass is 127. The van der Waals surface area contributed by atoms with Crippen LogP contribution in [0.4, 0.5) is 5.82 Å². The number of benzene rings is 1. The zero-order valence-corrected chi connectivity index (χ0v) is 13.5. The monoisotopic (exact) mass is 436 g/mol. The summed E-state index contributed by atoms with van der Waals surface area (Å²) in [5.74, 6) is 0.267. The first-order valence-electron chi connectivity index (χ1n) is 4.93. The first-order valence-corrected chi connectivity index (χ1v) is 7.18. The molecule has 0 bridgehead atoms. The van der Waals surface area contributed by atoms with Crippen LogP contribution in [-0.4, -0.2) is 10.9 Å². The van der Waals surface area contributed by atoms with Gasteiger partial charge in [0.2, 0.25) is 0 Å². The van der Waals surface area contributed by atoms with Gasteiger partial charge in [-0.05, 0) is 52.9 Å². The van der Waals surface area contributed by atoms with E-state index in [4.69, 9.17) is 11.6 Å². The molecule has 3 nitrogen and oxygen atoms in total. The molecule has 6 heteroatoms. The van der Waals surface area contributed by atoms with Gasteiger partial charge in [0, 0.05) is 24.8 Å². The Morgan fingerprint density at radius 3 is 2.72 bits per heavy atom. The van der Waals surface area contributed by atoms with E-state index >= 15 is 0 Å². The first kappa shape index (κ1) is 13.8. The van der Waals surface area contributed by atoms with E-state index in [0.717, 1.165) is 8.04 Å². The van der Waals surface area contributed by atoms with Gasteiger partial charge in [0.1, 0.15) is 5.82 Å². The van der Waals surface area contributed by atoms with Crippen molar-refractivity contribution >= 4 is 61.8 Å². The SMILES string of the molecule is O=C(Nc1ccc(I)cn1)c1cc(Cl)cc(Br)c1. The number of hydrogen-bond acceptors (Lipinski definition) is 2. The molecule has 18 heavy (non-hydrogen) atoms. The number of anilines is 1. The number of rotatable bonds is 2. The third-order valence-corrected chi connectivity index (χ3v) is 3.41. The van der Waals surface area contributed by atoms with Crippen LogP contribution in [0.3, 0.4) is 0 Å². The van der Waals surface area contributed by atoms with Crippen molar-refractivity contribution < 1.29 is 4.79 Å². The molecule has 1 heterocycles. The highest BCUT2D eigenvalue weighted by Gasteiger charge is 2.08. The summed E-state index contributed by atoms with van der Waals surface area (Å²) in [6.45, 7) is 0. The normalized spacial score (nSPS) is 10.2. The Morgan fingerprint density at radius 2 is 2.11 bits per heavy atom. The molecule has 0 aliphatic carbocycles. The van der Waals surface area contributed by atoms with Crippen molar-refractivity contribution in [1.82, 2.24) is 4.98 Å². The molecule has 0 saturated carbocycles. The lowest BCUT2D eigenvalue weighted by atomic mass is 10.2. The minimum absolute atomic E-state index is 0.244. The van der Waals surface area contributed by atoms with Gasteiger partial charge in [-0.1, -0.05) is 27.5 Å². The van der Waals surface area contributed by atoms with Gasteiger partial charge in [0.15, 0.2) is 0 Å². The van der Waals surface area contributed by atoms with Crippen molar-refractivity contribution in [2.75, 3.05) is 5.32 Å². The van der Waals surface area contributed by atoms with Crippen LogP contribution >= 0.6 is 50.1 Å². The maximum Gasteiger partial charge on any atom is 0.256 e. The van der Waals surface area contributed by atoms with Crippen LogP contribution in [0.1, 0.15) is 10.4 Å². The highest BCUT2D eigenvalue weighted by molar-refractivity contribution is 14.1. The van der Waals surface area contributed by atoms with E-state index in [2.05, 4.69) is 48.8 Å². The fourth-order valence-electron chi connectivity index (χ4n) is 1.32. The van der Waals surface area contributed by atoms with Crippen molar-refractivity contribution in [1.29, 1.82) is 0 Å². The lowest BCUT2D eigenvalue weighted by Crippen LogP contribution is -2.12. The van der Waals surface area contributed by atoms with Crippen LogP contribution in [0.2, 0.25) is 5.02 Å². The Bertz CT molecular complexity index is 569. The maximum absolute atomic E-state index is 12.0. The number of nitrogens with one attached hydrogen (secondary N) is 1. The summed E-state index contributed by atoms with van der Waals surface area (Å²) in [4.78, 5) is 16.1. The summed E-state index contributed by atoms with van der Waals surface area (Å²) >= 11 is 11.3. The summed E-state index contributed by atoms with van der Waals surface area (Å²) in [7, 11) is 0. The number of hydrogen-bond donors (Lipinski definition) is 1. The molecule has 1 aromatic heterocycles. The molecule has 0 aliphatic rings. The van der Waals surface area contributed by atoms with Crippen molar-refractivity contribution in [3.8, 4) is 0 Å². The number of amides is 1. The smallest absolute Gasteiger partial charge is 0.256 e. The Morgan fingerprint density at radius 1 is 1.33 bits per heavy atom. The van der Waals surface area contributed by atoms with Gasteiger partial charge in [-0.25, -0.2) is 4.98 Å². The molecule has 0 aliphatic heterocycles. The second-order valence-electron chi connectivity index (χ2n) is 3.47. The van der Waals surface area contributed by atoms with E-state index in [1.54, 1.807) is 30.5 Å². The van der Waals surface area contributed by atoms with E-state index in [-0.39, 0.29) is 5.91 Å². The molecule has 2 rings (SSSR count). The van der Waals surface area contributed by atoms with Gasteiger partial charge in [-0.3, -0.25) is 4.79 Å². The number of carbonyl (C=O) groups excluding carboxylic acids is 1. The summed E-state index contributed by atoms with van der Waals surface area (Å²) in [6, 6.07) is 8.65. The van der Waals surface area contributed by atoms with E-state index < -0.39 is 0 Å². The van der Waals surface area contributed by atoms with Gasteiger partial charge < -0.3 is 5.32 Å². The number of nitrogens with zero attached hydrogens (tertiary/aromatic N) is 1. The third kappa shape index (κ3) is 3.66. The average Bonchev–Trinajstić information content (AvgIpc) is 2.31. The molecule has 2 aromatic rings. The molecule has 0 unspecified atom stereocenters. The largest absolute Gasteiger partial charge is 0.307 e. The Hall–Kier alpha value is -0.660. The van der Waals surface area contributed by atoms with Gasteiger partial charge >= 0.3 is 0 Å². The quantitative estimate of drug-likeness (QED) is 0.710. The highest BCUT2D eigenvalue weighted by Crippen LogP contribution is 2.20. The van der Waals surface area contributed by atoms with Crippen LogP contribution in [-0.2, 0) is 0 Å². The lowest BCUT2D eigenvalue weighted by Gasteiger charge is -2.05. The fraction of sp³-hybridized carbons (Fsp3) is 0. The van der Waals surface area contributed by atoms with Crippen molar-refractivity contribution in [2.45, 2.75) is 0 Å². The molecule has 1 amide bonds. The molecule has 92 valence electrons. The molecule has 0 radical (unpaired) electrons. The molecular formula is C12H7BrClIN2O. The molecule has 0 saturated heterocycles. The van der Waals surface area contributed by atoms with Crippen LogP contribution in [0, 0.1) is 3.57 Å². The molecular weight excluding hydrogens is 430 g/mol. The minimum atomic E-state index is -0.244. The van der Waals surface area contributed by atoms with Gasteiger partial charge in [0.25, 0.3) is 5.91 Å². The molecule has 1 aromatic carbocycles. The second-order valence-corrected chi connectivity index (χ2v) is 6.07. The standard InChI is InChI=1S/C12H7BrClIN2O/c13-8-3-7(4-9(14)5-8)12(18)17-11-2-1-10(15)6-16-11/h1-6H,(H,16,17,18). The van der Waals surface area contributed by atoms with Gasteiger partial charge in [0.05, 0.1) is 0 Å². The topological polar surface area (TPSA) is 42.0 Å². The van der Waals surface area contributed by atoms with Crippen LogP contribution in [0.15, 0.2) is 41.0 Å². The fourth-order valence-corrected chi connectivity index (χ4v) is 2.50.